The minimum Gasteiger partial charge on any atom is -0.350 e. The first-order chi connectivity index (χ1) is 7.66. The highest BCUT2D eigenvalue weighted by Gasteiger charge is 2.21. The fraction of sp³-hybridized carbons (Fsp3) is 0.636. The lowest BCUT2D eigenvalue weighted by Crippen LogP contribution is -2.39. The summed E-state index contributed by atoms with van der Waals surface area (Å²) in [6.45, 7) is 5.53. The number of carbonyl (C=O) groups is 1. The van der Waals surface area contributed by atoms with Crippen LogP contribution in [0.25, 0.3) is 0 Å². The Morgan fingerprint density at radius 2 is 2.22 bits per heavy atom. The van der Waals surface area contributed by atoms with E-state index >= 15 is 0 Å². The Bertz CT molecular complexity index is 392. The Morgan fingerprint density at radius 1 is 1.50 bits per heavy atom. The third-order valence-electron chi connectivity index (χ3n) is 2.80. The number of hydrogen-bond acceptors (Lipinski definition) is 4. The van der Waals surface area contributed by atoms with Crippen LogP contribution >= 0.6 is 36.2 Å². The second kappa shape index (κ2) is 7.94. The van der Waals surface area contributed by atoms with E-state index in [2.05, 4.69) is 15.6 Å². The normalized spacial score (nSPS) is 17.8. The van der Waals surface area contributed by atoms with Crippen LogP contribution in [-0.2, 0) is 11.3 Å². The SMILES string of the molecule is Cc1nc(C)c(CNC(=O)C2CCCN2)s1.Cl.Cl. The Morgan fingerprint density at radius 3 is 2.72 bits per heavy atom. The molecule has 1 fully saturated rings. The van der Waals surface area contributed by atoms with Gasteiger partial charge in [0, 0.05) is 4.88 Å². The lowest BCUT2D eigenvalue weighted by atomic mass is 10.2. The predicted octanol–water partition coefficient (Wildman–Crippen LogP) is 1.97. The molecule has 1 aliphatic rings. The molecule has 104 valence electrons. The van der Waals surface area contributed by atoms with Gasteiger partial charge >= 0.3 is 0 Å². The summed E-state index contributed by atoms with van der Waals surface area (Å²) >= 11 is 1.65. The minimum absolute atomic E-state index is 0. The molecule has 0 aromatic carbocycles. The van der Waals surface area contributed by atoms with Gasteiger partial charge in [-0.1, -0.05) is 0 Å². The third kappa shape index (κ3) is 4.39. The molecular formula is C11H19Cl2N3OS. The monoisotopic (exact) mass is 311 g/mol. The van der Waals surface area contributed by atoms with Crippen molar-refractivity contribution >= 4 is 42.1 Å². The summed E-state index contributed by atoms with van der Waals surface area (Å²) < 4.78 is 0. The molecule has 0 spiro atoms. The molecule has 2 rings (SSSR count). The third-order valence-corrected chi connectivity index (χ3v) is 3.87. The van der Waals surface area contributed by atoms with Crippen molar-refractivity contribution in [2.45, 2.75) is 39.3 Å². The van der Waals surface area contributed by atoms with Crippen LogP contribution in [0.1, 0.15) is 28.4 Å². The van der Waals surface area contributed by atoms with E-state index in [1.807, 2.05) is 13.8 Å². The van der Waals surface area contributed by atoms with E-state index < -0.39 is 0 Å². The number of nitrogens with one attached hydrogen (secondary N) is 2. The van der Waals surface area contributed by atoms with Gasteiger partial charge in [0.2, 0.25) is 5.91 Å². The van der Waals surface area contributed by atoms with E-state index in [0.717, 1.165) is 35.0 Å². The van der Waals surface area contributed by atoms with Crippen molar-refractivity contribution in [3.05, 3.63) is 15.6 Å². The zero-order chi connectivity index (χ0) is 11.5. The summed E-state index contributed by atoms with van der Waals surface area (Å²) in [5, 5.41) is 7.21. The van der Waals surface area contributed by atoms with Gasteiger partial charge in [-0.3, -0.25) is 4.79 Å². The standard InChI is InChI=1S/C11H17N3OS.2ClH/c1-7-10(16-8(2)14-7)6-13-11(15)9-4-3-5-12-9;;/h9,12H,3-6H2,1-2H3,(H,13,15);2*1H. The van der Waals surface area contributed by atoms with Crippen LogP contribution in [-0.4, -0.2) is 23.5 Å². The molecule has 1 aliphatic heterocycles. The minimum atomic E-state index is 0. The van der Waals surface area contributed by atoms with Gasteiger partial charge in [-0.2, -0.15) is 0 Å². The summed E-state index contributed by atoms with van der Waals surface area (Å²) in [5.41, 5.74) is 1.03. The maximum atomic E-state index is 11.7. The highest BCUT2D eigenvalue weighted by molar-refractivity contribution is 7.11. The number of amides is 1. The molecule has 1 saturated heterocycles. The van der Waals surface area contributed by atoms with Gasteiger partial charge in [-0.05, 0) is 33.2 Å². The van der Waals surface area contributed by atoms with Crippen molar-refractivity contribution in [3.63, 3.8) is 0 Å². The van der Waals surface area contributed by atoms with Crippen LogP contribution in [0.4, 0.5) is 0 Å². The molecule has 0 saturated carbocycles. The van der Waals surface area contributed by atoms with Gasteiger partial charge in [-0.15, -0.1) is 36.2 Å². The van der Waals surface area contributed by atoms with Gasteiger partial charge in [-0.25, -0.2) is 4.98 Å². The molecule has 1 unspecified atom stereocenters. The summed E-state index contributed by atoms with van der Waals surface area (Å²) in [6, 6.07) is 0.00863. The van der Waals surface area contributed by atoms with Crippen LogP contribution in [0.15, 0.2) is 0 Å². The fourth-order valence-corrected chi connectivity index (χ4v) is 2.81. The lowest BCUT2D eigenvalue weighted by Gasteiger charge is -2.10. The summed E-state index contributed by atoms with van der Waals surface area (Å²) in [5.74, 6) is 0.114. The van der Waals surface area contributed by atoms with Crippen LogP contribution < -0.4 is 10.6 Å². The number of thiazole rings is 1. The van der Waals surface area contributed by atoms with Gasteiger partial charge < -0.3 is 10.6 Å². The molecule has 0 radical (unpaired) electrons. The predicted molar refractivity (Wildman–Crippen MR) is 79.0 cm³/mol. The van der Waals surface area contributed by atoms with E-state index in [4.69, 9.17) is 0 Å². The van der Waals surface area contributed by atoms with Crippen molar-refractivity contribution in [2.75, 3.05) is 6.54 Å². The first-order valence-electron chi connectivity index (χ1n) is 5.61. The van der Waals surface area contributed by atoms with Crippen molar-refractivity contribution in [2.24, 2.45) is 0 Å². The largest absolute Gasteiger partial charge is 0.350 e. The Hall–Kier alpha value is -0.360. The molecule has 2 N–H and O–H groups in total. The summed E-state index contributed by atoms with van der Waals surface area (Å²) in [7, 11) is 0. The maximum Gasteiger partial charge on any atom is 0.237 e. The molecule has 4 nitrogen and oxygen atoms in total. The summed E-state index contributed by atoms with van der Waals surface area (Å²) in [4.78, 5) is 17.2. The Kier molecular flexibility index (Phi) is 7.78. The molecule has 0 aliphatic carbocycles. The van der Waals surface area contributed by atoms with Crippen molar-refractivity contribution in [1.29, 1.82) is 0 Å². The van der Waals surface area contributed by atoms with Gasteiger partial charge in [0.1, 0.15) is 0 Å². The zero-order valence-electron chi connectivity index (χ0n) is 10.5. The van der Waals surface area contributed by atoms with E-state index in [1.54, 1.807) is 11.3 Å². The molecule has 7 heteroatoms. The number of hydrogen-bond donors (Lipinski definition) is 2. The molecule has 1 atom stereocenters. The van der Waals surface area contributed by atoms with Crippen molar-refractivity contribution in [1.82, 2.24) is 15.6 Å². The lowest BCUT2D eigenvalue weighted by molar-refractivity contribution is -0.122. The van der Waals surface area contributed by atoms with Crippen LogP contribution in [0.2, 0.25) is 0 Å². The van der Waals surface area contributed by atoms with Crippen LogP contribution in [0, 0.1) is 13.8 Å². The first kappa shape index (κ1) is 17.6. The van der Waals surface area contributed by atoms with Crippen LogP contribution in [0.3, 0.4) is 0 Å². The highest BCUT2D eigenvalue weighted by Crippen LogP contribution is 2.16. The number of nitrogens with zero attached hydrogens (tertiary/aromatic N) is 1. The average Bonchev–Trinajstić information content (AvgIpc) is 2.84. The fourth-order valence-electron chi connectivity index (χ4n) is 1.94. The van der Waals surface area contributed by atoms with E-state index in [0.29, 0.717) is 6.54 Å². The zero-order valence-corrected chi connectivity index (χ0v) is 12.9. The average molecular weight is 312 g/mol. The maximum absolute atomic E-state index is 11.7. The van der Waals surface area contributed by atoms with Crippen LogP contribution in [0.5, 0.6) is 0 Å². The Balaban J connectivity index is 0.00000144. The second-order valence-electron chi connectivity index (χ2n) is 4.11. The van der Waals surface area contributed by atoms with Gasteiger partial charge in [0.25, 0.3) is 0 Å². The Labute approximate surface area is 124 Å². The summed E-state index contributed by atoms with van der Waals surface area (Å²) in [6.07, 6.45) is 2.04. The topological polar surface area (TPSA) is 54.0 Å². The van der Waals surface area contributed by atoms with Crippen molar-refractivity contribution < 1.29 is 4.79 Å². The van der Waals surface area contributed by atoms with E-state index in [9.17, 15) is 4.79 Å². The first-order valence-corrected chi connectivity index (χ1v) is 6.42. The quantitative estimate of drug-likeness (QED) is 0.897. The smallest absolute Gasteiger partial charge is 0.237 e. The molecule has 2 heterocycles. The molecule has 0 bridgehead atoms. The van der Waals surface area contributed by atoms with Gasteiger partial charge in [0.05, 0.1) is 23.3 Å². The molecule has 1 amide bonds. The molecule has 1 aromatic heterocycles. The number of carbonyl (C=O) groups excluding carboxylic acids is 1. The van der Waals surface area contributed by atoms with E-state index in [-0.39, 0.29) is 36.8 Å². The number of rotatable bonds is 3. The van der Waals surface area contributed by atoms with Crippen molar-refractivity contribution in [3.8, 4) is 0 Å². The van der Waals surface area contributed by atoms with E-state index in [1.165, 1.54) is 0 Å². The number of aryl methyl sites for hydroxylation is 2. The number of halogens is 2. The highest BCUT2D eigenvalue weighted by atomic mass is 35.5. The molecule has 1 aromatic rings. The molecular weight excluding hydrogens is 293 g/mol. The molecule has 18 heavy (non-hydrogen) atoms. The number of aromatic nitrogens is 1. The van der Waals surface area contributed by atoms with Gasteiger partial charge in [0.15, 0.2) is 0 Å². The second-order valence-corrected chi connectivity index (χ2v) is 5.40.